The van der Waals surface area contributed by atoms with Crippen molar-refractivity contribution in [2.45, 2.75) is 13.8 Å². The number of allylic oxidation sites excluding steroid dienone is 2. The number of hydrogen-bond donors (Lipinski definition) is 0. The van der Waals surface area contributed by atoms with Crippen molar-refractivity contribution in [2.75, 3.05) is 0 Å². The summed E-state index contributed by atoms with van der Waals surface area (Å²) < 4.78 is 1.40. The fourth-order valence-corrected chi connectivity index (χ4v) is 2.91. The van der Waals surface area contributed by atoms with Gasteiger partial charge in [0.2, 0.25) is 0 Å². The maximum Gasteiger partial charge on any atom is 0.0381 e. The van der Waals surface area contributed by atoms with Crippen molar-refractivity contribution in [1.82, 2.24) is 0 Å². The largest absolute Gasteiger partial charge is 0.135 e. The second kappa shape index (κ2) is 4.03. The summed E-state index contributed by atoms with van der Waals surface area (Å²) in [7, 11) is 0. The van der Waals surface area contributed by atoms with Crippen LogP contribution in [-0.4, -0.2) is 0 Å². The molecular weight excluding hydrogens is 200 g/mol. The van der Waals surface area contributed by atoms with Crippen molar-refractivity contribution >= 4 is 27.5 Å². The Kier molecular flexibility index (Phi) is 2.74. The van der Waals surface area contributed by atoms with E-state index in [-0.39, 0.29) is 0 Å². The molecule has 0 nitrogen and oxygen atoms in total. The quantitative estimate of drug-likeness (QED) is 0.635. The van der Waals surface area contributed by atoms with Gasteiger partial charge in [0.05, 0.1) is 0 Å². The molecule has 0 radical (unpaired) electrons. The molecule has 1 aromatic carbocycles. The average molecular weight is 214 g/mol. The van der Waals surface area contributed by atoms with Gasteiger partial charge in [0.25, 0.3) is 0 Å². The molecule has 0 aliphatic carbocycles. The monoisotopic (exact) mass is 214 g/mol. The maximum atomic E-state index is 3.69. The van der Waals surface area contributed by atoms with Crippen molar-refractivity contribution in [3.8, 4) is 0 Å². The van der Waals surface area contributed by atoms with Gasteiger partial charge in [-0.2, -0.15) is 0 Å². The van der Waals surface area contributed by atoms with Gasteiger partial charge >= 0.3 is 0 Å². The van der Waals surface area contributed by atoms with Gasteiger partial charge in [-0.25, -0.2) is 0 Å². The lowest BCUT2D eigenvalue weighted by Crippen LogP contribution is -1.73. The lowest BCUT2D eigenvalue weighted by molar-refractivity contribution is 1.53. The molecule has 0 saturated carbocycles. The van der Waals surface area contributed by atoms with E-state index in [1.807, 2.05) is 23.5 Å². The Bertz CT molecular complexity index is 530. The Morgan fingerprint density at radius 3 is 2.73 bits per heavy atom. The zero-order valence-corrected chi connectivity index (χ0v) is 9.90. The highest BCUT2D eigenvalue weighted by Crippen LogP contribution is 2.33. The number of rotatable bonds is 2. The van der Waals surface area contributed by atoms with Crippen LogP contribution < -0.4 is 0 Å². The zero-order valence-electron chi connectivity index (χ0n) is 9.08. The lowest BCUT2D eigenvalue weighted by Gasteiger charge is -1.94. The molecule has 0 bridgehead atoms. The minimum atomic E-state index is 1.33. The first-order valence-electron chi connectivity index (χ1n) is 5.02. The predicted octanol–water partition coefficient (Wildman–Crippen LogP) is 4.72. The van der Waals surface area contributed by atoms with E-state index in [2.05, 4.69) is 44.7 Å². The molecular formula is C14H14S. The average Bonchev–Trinajstić information content (AvgIpc) is 2.55. The molecule has 0 atom stereocenters. The standard InChI is InChI=1S/C14H14S/c1-4-5-9-13-11(3)12-8-6-7-10(2)14(12)15-13/h4-9H,1H2,2-3H3/b9-5-. The van der Waals surface area contributed by atoms with Gasteiger partial charge in [-0.15, -0.1) is 11.3 Å². The van der Waals surface area contributed by atoms with Crippen LogP contribution in [0.2, 0.25) is 0 Å². The van der Waals surface area contributed by atoms with E-state index in [4.69, 9.17) is 0 Å². The number of benzene rings is 1. The van der Waals surface area contributed by atoms with E-state index in [0.29, 0.717) is 0 Å². The number of fused-ring (bicyclic) bond motifs is 1. The fourth-order valence-electron chi connectivity index (χ4n) is 1.72. The highest BCUT2D eigenvalue weighted by atomic mass is 32.1. The van der Waals surface area contributed by atoms with Gasteiger partial charge in [-0.1, -0.05) is 36.9 Å². The molecule has 0 aliphatic heterocycles. The topological polar surface area (TPSA) is 0 Å². The summed E-state index contributed by atoms with van der Waals surface area (Å²) in [6, 6.07) is 6.48. The van der Waals surface area contributed by atoms with Gasteiger partial charge in [0.1, 0.15) is 0 Å². The summed E-state index contributed by atoms with van der Waals surface area (Å²) in [6.07, 6.45) is 5.94. The second-order valence-corrected chi connectivity index (χ2v) is 4.69. The molecule has 0 unspecified atom stereocenters. The van der Waals surface area contributed by atoms with E-state index in [0.717, 1.165) is 0 Å². The molecule has 2 rings (SSSR count). The van der Waals surface area contributed by atoms with Gasteiger partial charge in [0.15, 0.2) is 0 Å². The summed E-state index contributed by atoms with van der Waals surface area (Å²) >= 11 is 1.86. The van der Waals surface area contributed by atoms with Crippen LogP contribution in [0.15, 0.2) is 36.9 Å². The Labute approximate surface area is 94.6 Å². The van der Waals surface area contributed by atoms with Crippen molar-refractivity contribution < 1.29 is 0 Å². The Morgan fingerprint density at radius 2 is 2.07 bits per heavy atom. The third-order valence-corrected chi connectivity index (χ3v) is 3.99. The molecule has 1 aromatic heterocycles. The summed E-state index contributed by atoms with van der Waals surface area (Å²) in [6.45, 7) is 8.04. The van der Waals surface area contributed by atoms with Crippen molar-refractivity contribution in [3.05, 3.63) is 52.9 Å². The van der Waals surface area contributed by atoms with Crippen LogP contribution in [0.3, 0.4) is 0 Å². The van der Waals surface area contributed by atoms with Crippen LogP contribution in [0, 0.1) is 13.8 Å². The molecule has 0 saturated heterocycles. The molecule has 1 heterocycles. The van der Waals surface area contributed by atoms with E-state index in [9.17, 15) is 0 Å². The number of hydrogen-bond acceptors (Lipinski definition) is 1. The summed E-state index contributed by atoms with van der Waals surface area (Å²) in [5, 5.41) is 1.38. The third-order valence-electron chi connectivity index (χ3n) is 2.58. The fraction of sp³-hybridized carbons (Fsp3) is 0.143. The lowest BCUT2D eigenvalue weighted by atomic mass is 10.1. The van der Waals surface area contributed by atoms with Crippen LogP contribution in [0.5, 0.6) is 0 Å². The van der Waals surface area contributed by atoms with Crippen LogP contribution in [0.4, 0.5) is 0 Å². The molecule has 0 aliphatic rings. The normalized spacial score (nSPS) is 11.3. The molecule has 0 spiro atoms. The van der Waals surface area contributed by atoms with Crippen LogP contribution >= 0.6 is 11.3 Å². The van der Waals surface area contributed by atoms with Crippen molar-refractivity contribution in [2.24, 2.45) is 0 Å². The SMILES string of the molecule is C=C/C=C\c1sc2c(C)cccc2c1C. The molecule has 1 heteroatoms. The molecule has 2 aromatic rings. The molecule has 0 fully saturated rings. The predicted molar refractivity (Wildman–Crippen MR) is 70.5 cm³/mol. The Morgan fingerprint density at radius 1 is 1.27 bits per heavy atom. The summed E-state index contributed by atoms with van der Waals surface area (Å²) in [4.78, 5) is 1.33. The molecule has 76 valence electrons. The smallest absolute Gasteiger partial charge is 0.0381 e. The minimum Gasteiger partial charge on any atom is -0.135 e. The van der Waals surface area contributed by atoms with Gasteiger partial charge in [-0.3, -0.25) is 0 Å². The zero-order chi connectivity index (χ0) is 10.8. The maximum absolute atomic E-state index is 3.69. The van der Waals surface area contributed by atoms with Gasteiger partial charge in [0, 0.05) is 9.58 Å². The van der Waals surface area contributed by atoms with E-state index >= 15 is 0 Å². The minimum absolute atomic E-state index is 1.33. The van der Waals surface area contributed by atoms with Gasteiger partial charge in [-0.05, 0) is 36.4 Å². The summed E-state index contributed by atoms with van der Waals surface area (Å²) in [5.41, 5.74) is 2.73. The number of thiophene rings is 1. The van der Waals surface area contributed by atoms with Crippen molar-refractivity contribution in [1.29, 1.82) is 0 Å². The van der Waals surface area contributed by atoms with Crippen LogP contribution in [-0.2, 0) is 0 Å². The Hall–Kier alpha value is -1.34. The second-order valence-electron chi connectivity index (χ2n) is 3.64. The van der Waals surface area contributed by atoms with Crippen LogP contribution in [0.1, 0.15) is 16.0 Å². The highest BCUT2D eigenvalue weighted by molar-refractivity contribution is 7.20. The van der Waals surface area contributed by atoms with Gasteiger partial charge < -0.3 is 0 Å². The summed E-state index contributed by atoms with van der Waals surface area (Å²) in [5.74, 6) is 0. The highest BCUT2D eigenvalue weighted by Gasteiger charge is 2.06. The van der Waals surface area contributed by atoms with E-state index in [1.54, 1.807) is 0 Å². The first-order chi connectivity index (χ1) is 7.24. The molecule has 0 N–H and O–H groups in total. The van der Waals surface area contributed by atoms with E-state index in [1.165, 1.54) is 26.1 Å². The van der Waals surface area contributed by atoms with Crippen LogP contribution in [0.25, 0.3) is 16.2 Å². The molecule has 15 heavy (non-hydrogen) atoms. The number of aryl methyl sites for hydroxylation is 2. The van der Waals surface area contributed by atoms with Crippen molar-refractivity contribution in [3.63, 3.8) is 0 Å². The third kappa shape index (κ3) is 1.75. The van der Waals surface area contributed by atoms with E-state index < -0.39 is 0 Å². The first kappa shape index (κ1) is 10.2. The Balaban J connectivity index is 2.69. The first-order valence-corrected chi connectivity index (χ1v) is 5.83. The molecule has 0 amide bonds.